The predicted molar refractivity (Wildman–Crippen MR) is 116 cm³/mol. The molecule has 0 bridgehead atoms. The number of carbonyl (C=O) groups excluding carboxylic acids is 1. The Kier molecular flexibility index (Phi) is 4.72. The van der Waals surface area contributed by atoms with Crippen LogP contribution in [0, 0.1) is 6.92 Å². The minimum Gasteiger partial charge on any atom is -0.463 e. The minimum absolute atomic E-state index is 0.01000. The van der Waals surface area contributed by atoms with Gasteiger partial charge in [-0.1, -0.05) is 30.3 Å². The highest BCUT2D eigenvalue weighted by atomic mass is 16.3. The first-order valence-corrected chi connectivity index (χ1v) is 9.73. The lowest BCUT2D eigenvalue weighted by molar-refractivity contribution is -0.116. The molecule has 0 saturated carbocycles. The van der Waals surface area contributed by atoms with Gasteiger partial charge >= 0.3 is 0 Å². The van der Waals surface area contributed by atoms with Crippen molar-refractivity contribution in [2.24, 2.45) is 0 Å². The third-order valence-corrected chi connectivity index (χ3v) is 4.87. The number of nitrogens with one attached hydrogen (secondary N) is 1. The monoisotopic (exact) mass is 410 g/mol. The molecule has 4 aromatic heterocycles. The molecule has 1 N–H and O–H groups in total. The Bertz CT molecular complexity index is 1360. The van der Waals surface area contributed by atoms with Gasteiger partial charge in [-0.25, -0.2) is 19.6 Å². The lowest BCUT2D eigenvalue weighted by Crippen LogP contribution is -2.21. The maximum Gasteiger partial charge on any atom is 0.248 e. The molecule has 0 aliphatic carbocycles. The van der Waals surface area contributed by atoms with Crippen LogP contribution in [0.2, 0.25) is 0 Å². The number of nitrogens with zero attached hydrogens (tertiary/aromatic N) is 5. The summed E-state index contributed by atoms with van der Waals surface area (Å²) in [5, 5.41) is 8.20. The van der Waals surface area contributed by atoms with E-state index < -0.39 is 0 Å². The molecule has 0 fully saturated rings. The number of aryl methyl sites for hydroxylation is 1. The molecule has 8 nitrogen and oxygen atoms in total. The van der Waals surface area contributed by atoms with Gasteiger partial charge in [0.2, 0.25) is 11.9 Å². The molecule has 31 heavy (non-hydrogen) atoms. The smallest absolute Gasteiger partial charge is 0.248 e. The molecule has 1 amide bonds. The number of amides is 1. The molecule has 0 radical (unpaired) electrons. The summed E-state index contributed by atoms with van der Waals surface area (Å²) in [6, 6.07) is 17.3. The van der Waals surface area contributed by atoms with Crippen LogP contribution in [0.15, 0.2) is 77.7 Å². The van der Waals surface area contributed by atoms with Gasteiger partial charge in [0.25, 0.3) is 0 Å². The predicted octanol–water partition coefficient (Wildman–Crippen LogP) is 4.10. The van der Waals surface area contributed by atoms with E-state index in [0.717, 1.165) is 22.2 Å². The Balaban J connectivity index is 1.41. The molecule has 1 aromatic carbocycles. The zero-order chi connectivity index (χ0) is 21.2. The average Bonchev–Trinajstić information content (AvgIpc) is 3.43. The molecule has 0 unspecified atom stereocenters. The summed E-state index contributed by atoms with van der Waals surface area (Å²) < 4.78 is 6.95. The maximum absolute atomic E-state index is 12.7. The van der Waals surface area contributed by atoms with Crippen molar-refractivity contribution in [1.29, 1.82) is 0 Å². The van der Waals surface area contributed by atoms with Crippen molar-refractivity contribution in [3.05, 3.63) is 78.9 Å². The van der Waals surface area contributed by atoms with E-state index in [0.29, 0.717) is 17.1 Å². The van der Waals surface area contributed by atoms with E-state index >= 15 is 0 Å². The number of furan rings is 1. The van der Waals surface area contributed by atoms with Crippen molar-refractivity contribution in [2.75, 3.05) is 5.32 Å². The number of hydrogen-bond acceptors (Lipinski definition) is 6. The Morgan fingerprint density at radius 2 is 1.87 bits per heavy atom. The number of fused-ring (bicyclic) bond motifs is 1. The molecule has 0 saturated heterocycles. The number of anilines is 1. The summed E-state index contributed by atoms with van der Waals surface area (Å²) in [4.78, 5) is 25.6. The summed E-state index contributed by atoms with van der Waals surface area (Å²) in [6.45, 7) is 1.91. The van der Waals surface area contributed by atoms with Crippen LogP contribution in [0.4, 0.5) is 5.95 Å². The van der Waals surface area contributed by atoms with Crippen LogP contribution < -0.4 is 5.32 Å². The van der Waals surface area contributed by atoms with Crippen molar-refractivity contribution >= 4 is 22.9 Å². The number of hydrogen-bond donors (Lipinski definition) is 1. The highest BCUT2D eigenvalue weighted by Crippen LogP contribution is 2.29. The molecule has 0 spiro atoms. The van der Waals surface area contributed by atoms with Crippen LogP contribution in [-0.2, 0) is 11.3 Å². The van der Waals surface area contributed by atoms with Crippen LogP contribution in [0.3, 0.4) is 0 Å². The Morgan fingerprint density at radius 3 is 2.68 bits per heavy atom. The highest BCUT2D eigenvalue weighted by Gasteiger charge is 2.16. The molecule has 0 atom stereocenters. The van der Waals surface area contributed by atoms with Crippen LogP contribution in [0.1, 0.15) is 5.69 Å². The number of aromatic nitrogens is 5. The molecular formula is C23H18N6O2. The number of rotatable bonds is 5. The van der Waals surface area contributed by atoms with Crippen molar-refractivity contribution in [1.82, 2.24) is 24.7 Å². The zero-order valence-corrected chi connectivity index (χ0v) is 16.7. The topological polar surface area (TPSA) is 98.7 Å². The average molecular weight is 410 g/mol. The molecule has 5 aromatic rings. The van der Waals surface area contributed by atoms with Gasteiger partial charge in [0.1, 0.15) is 12.2 Å². The van der Waals surface area contributed by atoms with Gasteiger partial charge < -0.3 is 4.42 Å². The summed E-state index contributed by atoms with van der Waals surface area (Å²) in [5.41, 5.74) is 4.16. The van der Waals surface area contributed by atoms with Crippen LogP contribution in [-0.4, -0.2) is 30.6 Å². The van der Waals surface area contributed by atoms with Gasteiger partial charge in [-0.05, 0) is 42.3 Å². The third-order valence-electron chi connectivity index (χ3n) is 4.87. The number of benzene rings is 1. The second kappa shape index (κ2) is 7.83. The SMILES string of the molecule is Cc1nn(CC(=O)Nc2nccc(-c3ccco3)n2)c2nccc(-c3ccccc3)c12. The molecule has 0 aliphatic rings. The quantitative estimate of drug-likeness (QED) is 0.468. The van der Waals surface area contributed by atoms with Gasteiger partial charge in [-0.2, -0.15) is 5.10 Å². The fourth-order valence-electron chi connectivity index (χ4n) is 3.53. The van der Waals surface area contributed by atoms with Gasteiger partial charge in [0, 0.05) is 17.8 Å². The Morgan fingerprint density at radius 1 is 1.03 bits per heavy atom. The van der Waals surface area contributed by atoms with E-state index in [1.807, 2.05) is 43.3 Å². The third kappa shape index (κ3) is 3.66. The fraction of sp³-hybridized carbons (Fsp3) is 0.0870. The highest BCUT2D eigenvalue weighted by molar-refractivity contribution is 5.96. The van der Waals surface area contributed by atoms with Crippen molar-refractivity contribution in [3.63, 3.8) is 0 Å². The molecular weight excluding hydrogens is 392 g/mol. The first-order chi connectivity index (χ1) is 15.2. The summed E-state index contributed by atoms with van der Waals surface area (Å²) in [7, 11) is 0. The summed E-state index contributed by atoms with van der Waals surface area (Å²) in [5.74, 6) is 0.502. The first kappa shape index (κ1) is 18.7. The molecule has 5 rings (SSSR count). The normalized spacial score (nSPS) is 11.0. The van der Waals surface area contributed by atoms with E-state index in [1.54, 1.807) is 41.5 Å². The van der Waals surface area contributed by atoms with Crippen LogP contribution >= 0.6 is 0 Å². The van der Waals surface area contributed by atoms with Gasteiger partial charge in [-0.15, -0.1) is 0 Å². The lowest BCUT2D eigenvalue weighted by Gasteiger charge is -2.06. The second-order valence-electron chi connectivity index (χ2n) is 6.96. The van der Waals surface area contributed by atoms with Crippen LogP contribution in [0.5, 0.6) is 0 Å². The van der Waals surface area contributed by atoms with E-state index in [4.69, 9.17) is 4.42 Å². The first-order valence-electron chi connectivity index (χ1n) is 9.73. The van der Waals surface area contributed by atoms with Gasteiger partial charge in [-0.3, -0.25) is 10.1 Å². The number of pyridine rings is 1. The fourth-order valence-corrected chi connectivity index (χ4v) is 3.53. The van der Waals surface area contributed by atoms with Gasteiger partial charge in [0.15, 0.2) is 11.4 Å². The summed E-state index contributed by atoms with van der Waals surface area (Å²) in [6.07, 6.45) is 4.87. The molecule has 4 heterocycles. The van der Waals surface area contributed by atoms with Crippen molar-refractivity contribution in [3.8, 4) is 22.6 Å². The minimum atomic E-state index is -0.298. The second-order valence-corrected chi connectivity index (χ2v) is 6.96. The van der Waals surface area contributed by atoms with Crippen molar-refractivity contribution < 1.29 is 9.21 Å². The van der Waals surface area contributed by atoms with Crippen LogP contribution in [0.25, 0.3) is 33.6 Å². The van der Waals surface area contributed by atoms with Crippen molar-refractivity contribution in [2.45, 2.75) is 13.5 Å². The molecule has 8 heteroatoms. The Labute approximate surface area is 177 Å². The zero-order valence-electron chi connectivity index (χ0n) is 16.7. The standard InChI is InChI=1S/C23H18N6O2/c1-15-21-17(16-6-3-2-4-7-16)9-11-24-22(21)29(28-15)14-20(30)27-23-25-12-10-18(26-23)19-8-5-13-31-19/h2-13H,14H2,1H3,(H,25,26,27,30). The molecule has 0 aliphatic heterocycles. The molecule has 152 valence electrons. The van der Waals surface area contributed by atoms with E-state index in [-0.39, 0.29) is 18.4 Å². The van der Waals surface area contributed by atoms with E-state index in [2.05, 4.69) is 25.4 Å². The van der Waals surface area contributed by atoms with E-state index in [9.17, 15) is 4.79 Å². The maximum atomic E-state index is 12.7. The lowest BCUT2D eigenvalue weighted by atomic mass is 10.0. The summed E-state index contributed by atoms with van der Waals surface area (Å²) >= 11 is 0. The van der Waals surface area contributed by atoms with E-state index in [1.165, 1.54) is 0 Å². The van der Waals surface area contributed by atoms with Gasteiger partial charge in [0.05, 0.1) is 12.0 Å². The number of carbonyl (C=O) groups is 1. The Hall–Kier alpha value is -4.33. The largest absolute Gasteiger partial charge is 0.463 e.